The zero-order valence-electron chi connectivity index (χ0n) is 9.91. The molecule has 18 heavy (non-hydrogen) atoms. The molecule has 0 aromatic heterocycles. The van der Waals surface area contributed by atoms with Crippen molar-refractivity contribution >= 4 is 25.6 Å². The highest BCUT2D eigenvalue weighted by Crippen LogP contribution is 2.44. The highest BCUT2D eigenvalue weighted by molar-refractivity contribution is 6.14. The molecule has 0 fully saturated rings. The van der Waals surface area contributed by atoms with Crippen LogP contribution in [-0.2, 0) is 9.47 Å². The molecule has 7 nitrogen and oxygen atoms in total. The van der Waals surface area contributed by atoms with Crippen molar-refractivity contribution < 1.29 is 29.1 Å². The van der Waals surface area contributed by atoms with Gasteiger partial charge in [0.05, 0.1) is 19.9 Å². The topological polar surface area (TPSA) is 96.3 Å². The summed E-state index contributed by atoms with van der Waals surface area (Å²) in [6, 6.07) is 5.37. The third kappa shape index (κ3) is 2.79. The number of nitrogens with zero attached hydrogens (tertiary/aromatic N) is 1. The standard InChI is InChI=1S/C10H9NO4.BH3O2/c1-14-9(12)11(10(13)15-2)8-4-3-6-5-7(6)8;2-1-3/h3-5H,1-2H3;1-3H. The van der Waals surface area contributed by atoms with Gasteiger partial charge in [0.2, 0.25) is 0 Å². The molecule has 0 heterocycles. The summed E-state index contributed by atoms with van der Waals surface area (Å²) in [4.78, 5) is 23.6. The summed E-state index contributed by atoms with van der Waals surface area (Å²) in [6.07, 6.45) is -1.51. The fourth-order valence-corrected chi connectivity index (χ4v) is 1.39. The van der Waals surface area contributed by atoms with Gasteiger partial charge in [-0.15, -0.1) is 0 Å². The normalized spacial score (nSPS) is 9.56. The van der Waals surface area contributed by atoms with Gasteiger partial charge in [-0.25, -0.2) is 9.59 Å². The van der Waals surface area contributed by atoms with Crippen LogP contribution < -0.4 is 4.90 Å². The van der Waals surface area contributed by atoms with E-state index in [4.69, 9.17) is 10.0 Å². The molecule has 8 heteroatoms. The van der Waals surface area contributed by atoms with Gasteiger partial charge in [-0.1, -0.05) is 6.07 Å². The van der Waals surface area contributed by atoms with Crippen molar-refractivity contribution in [1.29, 1.82) is 0 Å². The molecule has 0 aliphatic heterocycles. The van der Waals surface area contributed by atoms with E-state index in [0.717, 1.165) is 16.0 Å². The number of anilines is 1. The first-order chi connectivity index (χ1) is 8.60. The number of hydrogen-bond donors (Lipinski definition) is 2. The van der Waals surface area contributed by atoms with Gasteiger partial charge in [-0.2, -0.15) is 4.90 Å². The minimum Gasteiger partial charge on any atom is -0.452 e. The maximum atomic E-state index is 11.4. The molecular weight excluding hydrogens is 241 g/mol. The fraction of sp³-hybridized carbons (Fsp3) is 0.200. The Bertz CT molecular complexity index is 448. The lowest BCUT2D eigenvalue weighted by atomic mass is 10.4. The molecule has 0 bridgehead atoms. The van der Waals surface area contributed by atoms with Crippen molar-refractivity contribution in [3.63, 3.8) is 0 Å². The Hall–Kier alpha value is -2.06. The zero-order valence-corrected chi connectivity index (χ0v) is 9.91. The lowest BCUT2D eigenvalue weighted by molar-refractivity contribution is 0.159. The van der Waals surface area contributed by atoms with E-state index in [1.807, 2.05) is 12.1 Å². The first-order valence-corrected chi connectivity index (χ1v) is 4.92. The van der Waals surface area contributed by atoms with Crippen LogP contribution in [0.25, 0.3) is 11.1 Å². The maximum absolute atomic E-state index is 11.4. The van der Waals surface area contributed by atoms with E-state index in [1.54, 1.807) is 6.07 Å². The van der Waals surface area contributed by atoms with Gasteiger partial charge in [0.1, 0.15) is 0 Å². The van der Waals surface area contributed by atoms with Crippen LogP contribution in [0.15, 0.2) is 18.2 Å². The summed E-state index contributed by atoms with van der Waals surface area (Å²) < 4.78 is 9.02. The lowest BCUT2D eigenvalue weighted by Crippen LogP contribution is -2.36. The van der Waals surface area contributed by atoms with Gasteiger partial charge < -0.3 is 19.5 Å². The second-order valence-electron chi connectivity index (χ2n) is 3.15. The molecule has 0 saturated heterocycles. The molecule has 0 unspecified atom stereocenters. The molecule has 2 aliphatic rings. The Morgan fingerprint density at radius 2 is 1.67 bits per heavy atom. The molecule has 0 aromatic rings. The molecule has 2 aliphatic carbocycles. The highest BCUT2D eigenvalue weighted by atomic mass is 16.6. The second-order valence-corrected chi connectivity index (χ2v) is 3.15. The van der Waals surface area contributed by atoms with E-state index in [1.165, 1.54) is 14.2 Å². The molecule has 2 amide bonds. The van der Waals surface area contributed by atoms with Gasteiger partial charge in [-0.3, -0.25) is 0 Å². The Labute approximate surface area is 104 Å². The van der Waals surface area contributed by atoms with Crippen LogP contribution in [0.3, 0.4) is 0 Å². The molecule has 0 saturated carbocycles. The van der Waals surface area contributed by atoms with Crippen LogP contribution in [0, 0.1) is 0 Å². The van der Waals surface area contributed by atoms with Crippen molar-refractivity contribution in [2.24, 2.45) is 0 Å². The van der Waals surface area contributed by atoms with Crippen LogP contribution in [-0.4, -0.2) is 44.1 Å². The average molecular weight is 253 g/mol. The Morgan fingerprint density at radius 1 is 1.17 bits per heavy atom. The SMILES string of the molecule is COC(=O)N(C(=O)OC)c1ccc2cc1-2.OBO. The first kappa shape index (κ1) is 14.0. The summed E-state index contributed by atoms with van der Waals surface area (Å²) in [5, 5.41) is 14.2. The predicted molar refractivity (Wildman–Crippen MR) is 64.3 cm³/mol. The molecular formula is C10H12BNO6. The summed E-state index contributed by atoms with van der Waals surface area (Å²) in [5.74, 6) is 0. The number of benzene rings is 1. The predicted octanol–water partition coefficient (Wildman–Crippen LogP) is 0.244. The summed E-state index contributed by atoms with van der Waals surface area (Å²) >= 11 is 0. The minimum absolute atomic E-state index is 0.503. The molecule has 0 radical (unpaired) electrons. The minimum atomic E-state index is -0.754. The summed E-state index contributed by atoms with van der Waals surface area (Å²) in [5.41, 5.74) is 2.41. The van der Waals surface area contributed by atoms with Crippen molar-refractivity contribution in [1.82, 2.24) is 0 Å². The van der Waals surface area contributed by atoms with Gasteiger partial charge in [0.25, 0.3) is 0 Å². The maximum Gasteiger partial charge on any atom is 0.432 e. The molecule has 96 valence electrons. The number of rotatable bonds is 1. The fourth-order valence-electron chi connectivity index (χ4n) is 1.39. The van der Waals surface area contributed by atoms with Gasteiger partial charge >= 0.3 is 19.9 Å². The van der Waals surface area contributed by atoms with Crippen LogP contribution in [0.2, 0.25) is 0 Å². The van der Waals surface area contributed by atoms with Crippen LogP contribution >= 0.6 is 0 Å². The van der Waals surface area contributed by atoms with E-state index >= 15 is 0 Å². The zero-order chi connectivity index (χ0) is 13.7. The van der Waals surface area contributed by atoms with Crippen LogP contribution in [0.4, 0.5) is 15.3 Å². The first-order valence-electron chi connectivity index (χ1n) is 4.92. The Morgan fingerprint density at radius 3 is 1.94 bits per heavy atom. The van der Waals surface area contributed by atoms with E-state index < -0.39 is 19.9 Å². The Kier molecular flexibility index (Phi) is 4.70. The molecule has 0 atom stereocenters. The summed E-state index contributed by atoms with van der Waals surface area (Å²) in [6.45, 7) is 0. The van der Waals surface area contributed by atoms with Crippen molar-refractivity contribution in [3.05, 3.63) is 18.2 Å². The Balaban J connectivity index is 0.000000492. The smallest absolute Gasteiger partial charge is 0.432 e. The summed E-state index contributed by atoms with van der Waals surface area (Å²) in [7, 11) is 1.67. The average Bonchev–Trinajstić information content (AvgIpc) is 3.04. The lowest BCUT2D eigenvalue weighted by Gasteiger charge is -2.16. The van der Waals surface area contributed by atoms with Crippen LogP contribution in [0.5, 0.6) is 0 Å². The molecule has 2 N–H and O–H groups in total. The number of carbonyl (C=O) groups excluding carboxylic acids is 2. The van der Waals surface area contributed by atoms with E-state index in [2.05, 4.69) is 9.47 Å². The van der Waals surface area contributed by atoms with E-state index in [-0.39, 0.29) is 0 Å². The van der Waals surface area contributed by atoms with Gasteiger partial charge in [-0.05, 0) is 17.7 Å². The number of amides is 2. The van der Waals surface area contributed by atoms with Gasteiger partial charge in [0.15, 0.2) is 0 Å². The largest absolute Gasteiger partial charge is 0.452 e. The van der Waals surface area contributed by atoms with Crippen LogP contribution in [0.1, 0.15) is 0 Å². The highest BCUT2D eigenvalue weighted by Gasteiger charge is 2.31. The monoisotopic (exact) mass is 253 g/mol. The molecule has 0 aromatic carbocycles. The van der Waals surface area contributed by atoms with E-state index in [9.17, 15) is 9.59 Å². The van der Waals surface area contributed by atoms with Crippen molar-refractivity contribution in [2.45, 2.75) is 0 Å². The number of carbonyl (C=O) groups is 2. The third-order valence-electron chi connectivity index (χ3n) is 2.18. The van der Waals surface area contributed by atoms with E-state index in [0.29, 0.717) is 5.69 Å². The molecule has 2 rings (SSSR count). The number of fused-ring (bicyclic) bond motifs is 1. The number of hydrogen-bond acceptors (Lipinski definition) is 6. The number of methoxy groups -OCH3 is 2. The number of imide groups is 1. The third-order valence-corrected chi connectivity index (χ3v) is 2.18. The molecule has 0 spiro atoms. The van der Waals surface area contributed by atoms with Gasteiger partial charge in [0, 0.05) is 5.56 Å². The second kappa shape index (κ2) is 6.03. The number of ether oxygens (including phenoxy) is 2. The quantitative estimate of drug-likeness (QED) is 0.707. The van der Waals surface area contributed by atoms with Crippen molar-refractivity contribution in [2.75, 3.05) is 19.1 Å². The van der Waals surface area contributed by atoms with Crippen molar-refractivity contribution in [3.8, 4) is 11.1 Å².